The Bertz CT molecular complexity index is 742. The molecule has 0 fully saturated rings. The summed E-state index contributed by atoms with van der Waals surface area (Å²) in [6.45, 7) is 2.96. The maximum absolute atomic E-state index is 12.0. The van der Waals surface area contributed by atoms with Crippen molar-refractivity contribution in [1.29, 1.82) is 0 Å². The fraction of sp³-hybridized carbons (Fsp3) is 0.200. The molecule has 0 aliphatic carbocycles. The van der Waals surface area contributed by atoms with Crippen molar-refractivity contribution in [3.8, 4) is 11.5 Å². The van der Waals surface area contributed by atoms with Crippen molar-refractivity contribution in [2.24, 2.45) is 0 Å². The lowest BCUT2D eigenvalue weighted by molar-refractivity contribution is -0.111. The molecule has 5 nitrogen and oxygen atoms in total. The average molecular weight is 381 g/mol. The topological polar surface area (TPSA) is 60.5 Å². The summed E-state index contributed by atoms with van der Waals surface area (Å²) in [5.74, 6) is 1.07. The quantitative estimate of drug-likeness (QED) is 0.825. The number of benzene rings is 1. The normalized spacial score (nSPS) is 13.4. The number of thiazole rings is 1. The molecule has 1 aliphatic heterocycles. The summed E-state index contributed by atoms with van der Waals surface area (Å²) in [6, 6.07) is 3.54. The van der Waals surface area contributed by atoms with Gasteiger partial charge in [-0.15, -0.1) is 11.3 Å². The number of nitrogens with zero attached hydrogens (tertiary/aromatic N) is 1. The zero-order chi connectivity index (χ0) is 15.5. The van der Waals surface area contributed by atoms with E-state index >= 15 is 0 Å². The third-order valence-corrected chi connectivity index (χ3v) is 4.38. The molecule has 1 aromatic heterocycles. The lowest BCUT2D eigenvalue weighted by Gasteiger charge is -2.19. The molecule has 1 amide bonds. The Labute approximate surface area is 140 Å². The van der Waals surface area contributed by atoms with Crippen LogP contribution in [0.15, 0.2) is 28.1 Å². The summed E-state index contributed by atoms with van der Waals surface area (Å²) in [6.07, 6.45) is 3.14. The van der Waals surface area contributed by atoms with Gasteiger partial charge in [-0.1, -0.05) is 0 Å². The first kappa shape index (κ1) is 15.1. The van der Waals surface area contributed by atoms with Crippen molar-refractivity contribution >= 4 is 44.9 Å². The first-order valence-corrected chi connectivity index (χ1v) is 8.29. The van der Waals surface area contributed by atoms with Crippen LogP contribution in [-0.4, -0.2) is 24.1 Å². The lowest BCUT2D eigenvalue weighted by Crippen LogP contribution is -2.16. The second kappa shape index (κ2) is 6.50. The minimum atomic E-state index is -0.233. The standard InChI is InChI=1S/C15H13BrN2O3S/c1-9-17-10(8-22-9)2-3-15(19)18-12-7-14-13(6-11(12)16)20-4-5-21-14/h2-3,6-8H,4-5H2,1H3,(H,18,19)/b3-2+. The predicted octanol–water partition coefficient (Wildman–Crippen LogP) is 3.64. The van der Waals surface area contributed by atoms with E-state index in [0.717, 1.165) is 15.2 Å². The molecule has 2 heterocycles. The maximum atomic E-state index is 12.0. The number of hydrogen-bond acceptors (Lipinski definition) is 5. The summed E-state index contributed by atoms with van der Waals surface area (Å²) in [7, 11) is 0. The second-order valence-corrected chi connectivity index (χ2v) is 6.51. The number of rotatable bonds is 3. The van der Waals surface area contributed by atoms with Gasteiger partial charge in [-0.2, -0.15) is 0 Å². The zero-order valence-electron chi connectivity index (χ0n) is 11.8. The minimum Gasteiger partial charge on any atom is -0.486 e. The Balaban J connectivity index is 1.72. The molecular formula is C15H13BrN2O3S. The molecule has 1 N–H and O–H groups in total. The number of amides is 1. The first-order valence-electron chi connectivity index (χ1n) is 6.62. The molecule has 114 valence electrons. The van der Waals surface area contributed by atoms with Crippen LogP contribution < -0.4 is 14.8 Å². The number of aryl methyl sites for hydroxylation is 1. The van der Waals surface area contributed by atoms with Crippen LogP contribution in [0.25, 0.3) is 6.08 Å². The van der Waals surface area contributed by atoms with Gasteiger partial charge in [-0.25, -0.2) is 4.98 Å². The van der Waals surface area contributed by atoms with Gasteiger partial charge in [0.25, 0.3) is 0 Å². The van der Waals surface area contributed by atoms with E-state index in [4.69, 9.17) is 9.47 Å². The van der Waals surface area contributed by atoms with E-state index in [2.05, 4.69) is 26.2 Å². The molecule has 0 radical (unpaired) electrons. The van der Waals surface area contributed by atoms with Crippen molar-refractivity contribution in [2.45, 2.75) is 6.92 Å². The van der Waals surface area contributed by atoms with Crippen molar-refractivity contribution < 1.29 is 14.3 Å². The van der Waals surface area contributed by atoms with Crippen LogP contribution in [0.3, 0.4) is 0 Å². The Morgan fingerprint density at radius 1 is 1.36 bits per heavy atom. The third-order valence-electron chi connectivity index (χ3n) is 2.93. The smallest absolute Gasteiger partial charge is 0.248 e. The van der Waals surface area contributed by atoms with E-state index < -0.39 is 0 Å². The molecule has 2 aromatic rings. The molecule has 1 aliphatic rings. The van der Waals surface area contributed by atoms with E-state index in [1.54, 1.807) is 29.5 Å². The summed E-state index contributed by atoms with van der Waals surface area (Å²) in [5, 5.41) is 5.67. The monoisotopic (exact) mass is 380 g/mol. The van der Waals surface area contributed by atoms with Gasteiger partial charge in [0.1, 0.15) is 13.2 Å². The summed E-state index contributed by atoms with van der Waals surface area (Å²) < 4.78 is 11.7. The fourth-order valence-corrected chi connectivity index (χ4v) is 2.95. The van der Waals surface area contributed by atoms with Crippen molar-refractivity contribution in [3.63, 3.8) is 0 Å². The van der Waals surface area contributed by atoms with Crippen LogP contribution in [0.2, 0.25) is 0 Å². The molecule has 0 saturated heterocycles. The zero-order valence-corrected chi connectivity index (χ0v) is 14.2. The van der Waals surface area contributed by atoms with Crippen molar-refractivity contribution in [3.05, 3.63) is 38.8 Å². The van der Waals surface area contributed by atoms with Crippen molar-refractivity contribution in [2.75, 3.05) is 18.5 Å². The largest absolute Gasteiger partial charge is 0.486 e. The van der Waals surface area contributed by atoms with Crippen LogP contribution in [0.1, 0.15) is 10.7 Å². The number of fused-ring (bicyclic) bond motifs is 1. The number of nitrogens with one attached hydrogen (secondary N) is 1. The number of aromatic nitrogens is 1. The lowest BCUT2D eigenvalue weighted by atomic mass is 10.2. The highest BCUT2D eigenvalue weighted by Crippen LogP contribution is 2.38. The Morgan fingerprint density at radius 2 is 2.09 bits per heavy atom. The second-order valence-electron chi connectivity index (χ2n) is 4.59. The van der Waals surface area contributed by atoms with Gasteiger partial charge in [-0.05, 0) is 28.9 Å². The molecule has 3 rings (SSSR count). The number of hydrogen-bond donors (Lipinski definition) is 1. The van der Waals surface area contributed by atoms with Crippen LogP contribution in [0.4, 0.5) is 5.69 Å². The van der Waals surface area contributed by atoms with Gasteiger partial charge < -0.3 is 14.8 Å². The SMILES string of the molecule is Cc1nc(/C=C/C(=O)Nc2cc3c(cc2Br)OCCO3)cs1. The van der Waals surface area contributed by atoms with Gasteiger partial charge in [0.15, 0.2) is 11.5 Å². The highest BCUT2D eigenvalue weighted by Gasteiger charge is 2.15. The van der Waals surface area contributed by atoms with Gasteiger partial charge in [-0.3, -0.25) is 4.79 Å². The van der Waals surface area contributed by atoms with E-state index in [1.165, 1.54) is 6.08 Å². The summed E-state index contributed by atoms with van der Waals surface area (Å²) >= 11 is 4.96. The third kappa shape index (κ3) is 3.48. The van der Waals surface area contributed by atoms with E-state index in [0.29, 0.717) is 30.4 Å². The highest BCUT2D eigenvalue weighted by atomic mass is 79.9. The number of ether oxygens (including phenoxy) is 2. The Morgan fingerprint density at radius 3 is 2.77 bits per heavy atom. The molecule has 0 spiro atoms. The molecular weight excluding hydrogens is 368 g/mol. The van der Waals surface area contributed by atoms with Gasteiger partial charge >= 0.3 is 0 Å². The van der Waals surface area contributed by atoms with Crippen LogP contribution in [-0.2, 0) is 4.79 Å². The Kier molecular flexibility index (Phi) is 4.44. The molecule has 7 heteroatoms. The molecule has 1 aromatic carbocycles. The van der Waals surface area contributed by atoms with E-state index in [9.17, 15) is 4.79 Å². The van der Waals surface area contributed by atoms with Gasteiger partial charge in [0, 0.05) is 28.1 Å². The number of anilines is 1. The fourth-order valence-electron chi connectivity index (χ4n) is 1.95. The summed E-state index contributed by atoms with van der Waals surface area (Å²) in [4.78, 5) is 16.3. The predicted molar refractivity (Wildman–Crippen MR) is 89.6 cm³/mol. The Hall–Kier alpha value is -1.86. The maximum Gasteiger partial charge on any atom is 0.248 e. The first-order chi connectivity index (χ1) is 10.6. The molecule has 0 saturated carbocycles. The van der Waals surface area contributed by atoms with Gasteiger partial charge in [0.05, 0.1) is 16.4 Å². The molecule has 0 atom stereocenters. The molecule has 0 bridgehead atoms. The van der Waals surface area contributed by atoms with Crippen LogP contribution in [0, 0.1) is 6.92 Å². The van der Waals surface area contributed by atoms with E-state index in [1.807, 2.05) is 12.3 Å². The number of carbonyl (C=O) groups excluding carboxylic acids is 1. The van der Waals surface area contributed by atoms with E-state index in [-0.39, 0.29) is 5.91 Å². The van der Waals surface area contributed by atoms with Crippen LogP contribution >= 0.6 is 27.3 Å². The van der Waals surface area contributed by atoms with Crippen molar-refractivity contribution in [1.82, 2.24) is 4.98 Å². The highest BCUT2D eigenvalue weighted by molar-refractivity contribution is 9.10. The molecule has 0 unspecified atom stereocenters. The average Bonchev–Trinajstić information content (AvgIpc) is 2.91. The number of halogens is 1. The van der Waals surface area contributed by atoms with Crippen LogP contribution in [0.5, 0.6) is 11.5 Å². The number of carbonyl (C=O) groups is 1. The molecule has 22 heavy (non-hydrogen) atoms. The summed E-state index contributed by atoms with van der Waals surface area (Å²) in [5.41, 5.74) is 1.41. The van der Waals surface area contributed by atoms with Gasteiger partial charge in [0.2, 0.25) is 5.91 Å². The minimum absolute atomic E-state index is 0.233.